The second kappa shape index (κ2) is 5.42. The Morgan fingerprint density at radius 1 is 1.21 bits per heavy atom. The standard InChI is InChI=1S/C18H14N2O3S/c1-18(10-11-6-2-3-7-12(11)15(21)23-18)16(22)20-17-19-13-8-4-5-9-14(13)24-17/h2-9H,10H2,1H3,(H,19,20,22)/t18-/m0/s1. The molecule has 0 spiro atoms. The van der Waals surface area contributed by atoms with Crippen LogP contribution in [-0.4, -0.2) is 22.5 Å². The number of rotatable bonds is 2. The number of aromatic nitrogens is 1. The van der Waals surface area contributed by atoms with Gasteiger partial charge in [-0.15, -0.1) is 0 Å². The van der Waals surface area contributed by atoms with E-state index < -0.39 is 11.6 Å². The second-order valence-corrected chi connectivity index (χ2v) is 6.93. The molecule has 3 aromatic rings. The number of thiazole rings is 1. The fourth-order valence-corrected chi connectivity index (χ4v) is 3.68. The van der Waals surface area contributed by atoms with E-state index in [1.54, 1.807) is 19.1 Å². The number of nitrogens with zero attached hydrogens (tertiary/aromatic N) is 1. The normalized spacial score (nSPS) is 19.6. The van der Waals surface area contributed by atoms with Gasteiger partial charge >= 0.3 is 5.97 Å². The molecular weight excluding hydrogens is 324 g/mol. The van der Waals surface area contributed by atoms with E-state index in [0.717, 1.165) is 15.8 Å². The molecular formula is C18H14N2O3S. The molecule has 2 aromatic carbocycles. The van der Waals surface area contributed by atoms with Crippen LogP contribution >= 0.6 is 11.3 Å². The molecule has 0 aliphatic carbocycles. The number of hydrogen-bond acceptors (Lipinski definition) is 5. The minimum Gasteiger partial charge on any atom is -0.445 e. The van der Waals surface area contributed by atoms with Gasteiger partial charge in [-0.25, -0.2) is 9.78 Å². The predicted molar refractivity (Wildman–Crippen MR) is 92.2 cm³/mol. The third-order valence-corrected chi connectivity index (χ3v) is 5.03. The van der Waals surface area contributed by atoms with Crippen molar-refractivity contribution in [2.75, 3.05) is 5.32 Å². The molecule has 0 fully saturated rings. The van der Waals surface area contributed by atoms with Crippen molar-refractivity contribution in [1.82, 2.24) is 4.98 Å². The Hall–Kier alpha value is -2.73. The van der Waals surface area contributed by atoms with Gasteiger partial charge in [-0.2, -0.15) is 0 Å². The molecule has 0 radical (unpaired) electrons. The topological polar surface area (TPSA) is 68.3 Å². The van der Waals surface area contributed by atoms with Gasteiger partial charge in [-0.05, 0) is 30.7 Å². The molecule has 0 saturated carbocycles. The smallest absolute Gasteiger partial charge is 0.339 e. The Kier molecular flexibility index (Phi) is 3.35. The van der Waals surface area contributed by atoms with Crippen LogP contribution < -0.4 is 5.32 Å². The molecule has 120 valence electrons. The van der Waals surface area contributed by atoms with Gasteiger partial charge in [-0.1, -0.05) is 41.7 Å². The number of cyclic esters (lactones) is 1. The first-order valence-corrected chi connectivity index (χ1v) is 8.35. The van der Waals surface area contributed by atoms with Gasteiger partial charge in [0.15, 0.2) is 10.7 Å². The number of anilines is 1. The monoisotopic (exact) mass is 338 g/mol. The summed E-state index contributed by atoms with van der Waals surface area (Å²) < 4.78 is 6.42. The molecule has 0 unspecified atom stereocenters. The van der Waals surface area contributed by atoms with Gasteiger partial charge in [-0.3, -0.25) is 10.1 Å². The molecule has 1 atom stereocenters. The molecule has 1 N–H and O–H groups in total. The minimum absolute atomic E-state index is 0.339. The highest BCUT2D eigenvalue weighted by Crippen LogP contribution is 2.31. The van der Waals surface area contributed by atoms with Gasteiger partial charge in [0.25, 0.3) is 5.91 Å². The van der Waals surface area contributed by atoms with Crippen LogP contribution in [0.25, 0.3) is 10.2 Å². The number of ether oxygens (including phenoxy) is 1. The van der Waals surface area contributed by atoms with Gasteiger partial charge < -0.3 is 4.74 Å². The third-order valence-electron chi connectivity index (χ3n) is 4.08. The zero-order valence-corrected chi connectivity index (χ0v) is 13.7. The molecule has 1 aliphatic rings. The lowest BCUT2D eigenvalue weighted by Crippen LogP contribution is -2.48. The summed E-state index contributed by atoms with van der Waals surface area (Å²) >= 11 is 1.39. The maximum absolute atomic E-state index is 12.7. The predicted octanol–water partition coefficient (Wildman–Crippen LogP) is 3.41. The molecule has 0 saturated heterocycles. The van der Waals surface area contributed by atoms with E-state index in [4.69, 9.17) is 4.74 Å². The summed E-state index contributed by atoms with van der Waals surface area (Å²) in [7, 11) is 0. The lowest BCUT2D eigenvalue weighted by molar-refractivity contribution is -0.134. The fourth-order valence-electron chi connectivity index (χ4n) is 2.81. The largest absolute Gasteiger partial charge is 0.445 e. The van der Waals surface area contributed by atoms with Crippen molar-refractivity contribution in [2.45, 2.75) is 18.9 Å². The van der Waals surface area contributed by atoms with Crippen molar-refractivity contribution in [3.05, 3.63) is 59.7 Å². The highest BCUT2D eigenvalue weighted by molar-refractivity contribution is 7.22. The highest BCUT2D eigenvalue weighted by Gasteiger charge is 2.42. The summed E-state index contributed by atoms with van der Waals surface area (Å²) in [5.74, 6) is -0.844. The zero-order valence-electron chi connectivity index (χ0n) is 12.9. The molecule has 24 heavy (non-hydrogen) atoms. The first-order valence-electron chi connectivity index (χ1n) is 7.53. The van der Waals surface area contributed by atoms with Crippen molar-refractivity contribution in [3.8, 4) is 0 Å². The quantitative estimate of drug-likeness (QED) is 0.727. The van der Waals surface area contributed by atoms with Crippen molar-refractivity contribution in [1.29, 1.82) is 0 Å². The molecule has 1 aromatic heterocycles. The van der Waals surface area contributed by atoms with Gasteiger partial charge in [0.1, 0.15) is 0 Å². The molecule has 2 heterocycles. The number of esters is 1. The van der Waals surface area contributed by atoms with Crippen LogP contribution in [-0.2, 0) is 16.0 Å². The molecule has 6 heteroatoms. The van der Waals surface area contributed by atoms with Crippen LogP contribution in [0.3, 0.4) is 0 Å². The lowest BCUT2D eigenvalue weighted by Gasteiger charge is -2.32. The average molecular weight is 338 g/mol. The number of nitrogens with one attached hydrogen (secondary N) is 1. The number of carbonyl (C=O) groups excluding carboxylic acids is 2. The van der Waals surface area contributed by atoms with E-state index in [2.05, 4.69) is 10.3 Å². The molecule has 0 bridgehead atoms. The summed E-state index contributed by atoms with van der Waals surface area (Å²) in [4.78, 5) is 29.3. The molecule has 1 amide bonds. The van der Waals surface area contributed by atoms with E-state index >= 15 is 0 Å². The second-order valence-electron chi connectivity index (χ2n) is 5.90. The summed E-state index contributed by atoms with van der Waals surface area (Å²) in [6, 6.07) is 14.8. The SMILES string of the molecule is C[C@@]1(C(=O)Nc2nc3ccccc3s2)Cc2ccccc2C(=O)O1. The van der Waals surface area contributed by atoms with Crippen molar-refractivity contribution in [2.24, 2.45) is 0 Å². The number of carbonyl (C=O) groups is 2. The summed E-state index contributed by atoms with van der Waals surface area (Å²) in [5, 5.41) is 3.28. The number of fused-ring (bicyclic) bond motifs is 2. The third kappa shape index (κ3) is 2.45. The van der Waals surface area contributed by atoms with Crippen LogP contribution in [0.15, 0.2) is 48.5 Å². The lowest BCUT2D eigenvalue weighted by atomic mass is 9.89. The minimum atomic E-state index is -1.25. The van der Waals surface area contributed by atoms with Crippen LogP contribution in [0.4, 0.5) is 5.13 Å². The Morgan fingerprint density at radius 3 is 2.79 bits per heavy atom. The Morgan fingerprint density at radius 2 is 1.96 bits per heavy atom. The van der Waals surface area contributed by atoms with Crippen molar-refractivity contribution >= 4 is 38.6 Å². The first-order chi connectivity index (χ1) is 11.5. The van der Waals surface area contributed by atoms with Gasteiger partial charge in [0.2, 0.25) is 0 Å². The van der Waals surface area contributed by atoms with Gasteiger partial charge in [0.05, 0.1) is 15.8 Å². The fraction of sp³-hybridized carbons (Fsp3) is 0.167. The maximum atomic E-state index is 12.7. The Bertz CT molecular complexity index is 933. The Labute approximate surface area is 142 Å². The van der Waals surface area contributed by atoms with Crippen LogP contribution in [0.5, 0.6) is 0 Å². The van der Waals surface area contributed by atoms with E-state index in [9.17, 15) is 9.59 Å². The number of para-hydroxylation sites is 1. The summed E-state index contributed by atoms with van der Waals surface area (Å²) in [6.45, 7) is 1.63. The molecule has 5 nitrogen and oxygen atoms in total. The van der Waals surface area contributed by atoms with Crippen molar-refractivity contribution < 1.29 is 14.3 Å². The molecule has 4 rings (SSSR count). The summed E-state index contributed by atoms with van der Waals surface area (Å²) in [6.07, 6.45) is 0.339. The Balaban J connectivity index is 1.61. The van der Waals surface area contributed by atoms with Crippen LogP contribution in [0.1, 0.15) is 22.8 Å². The highest BCUT2D eigenvalue weighted by atomic mass is 32.1. The van der Waals surface area contributed by atoms with Crippen molar-refractivity contribution in [3.63, 3.8) is 0 Å². The van der Waals surface area contributed by atoms with Crippen LogP contribution in [0, 0.1) is 0 Å². The average Bonchev–Trinajstić information content (AvgIpc) is 2.97. The number of amides is 1. The van der Waals surface area contributed by atoms with Crippen LogP contribution in [0.2, 0.25) is 0 Å². The first kappa shape index (κ1) is 14.8. The van der Waals surface area contributed by atoms with E-state index in [-0.39, 0.29) is 5.91 Å². The van der Waals surface area contributed by atoms with E-state index in [1.165, 1.54) is 11.3 Å². The summed E-state index contributed by atoms with van der Waals surface area (Å²) in [5.41, 5.74) is 0.913. The zero-order chi connectivity index (χ0) is 16.7. The van der Waals surface area contributed by atoms with E-state index in [0.29, 0.717) is 17.1 Å². The number of hydrogen-bond donors (Lipinski definition) is 1. The maximum Gasteiger partial charge on any atom is 0.339 e. The van der Waals surface area contributed by atoms with E-state index in [1.807, 2.05) is 36.4 Å². The number of benzene rings is 2. The molecule has 1 aliphatic heterocycles. The van der Waals surface area contributed by atoms with Gasteiger partial charge in [0, 0.05) is 6.42 Å².